The molecule has 0 fully saturated rings. The lowest BCUT2D eigenvalue weighted by atomic mass is 9.99. The van der Waals surface area contributed by atoms with Crippen LogP contribution in [0.15, 0.2) is 18.2 Å². The van der Waals surface area contributed by atoms with Gasteiger partial charge in [-0.3, -0.25) is 0 Å². The Morgan fingerprint density at radius 1 is 1.38 bits per heavy atom. The molecule has 0 saturated carbocycles. The smallest absolute Gasteiger partial charge is 0.122 e. The highest BCUT2D eigenvalue weighted by Crippen LogP contribution is 2.25. The van der Waals surface area contributed by atoms with Crippen LogP contribution in [0.5, 0.6) is 5.75 Å². The molecule has 0 unspecified atom stereocenters. The third-order valence-electron chi connectivity index (χ3n) is 2.75. The maximum atomic E-state index is 10.3. The number of carbonyl (C=O) groups excluding carboxylic acids is 1. The first-order valence-electron chi connectivity index (χ1n) is 5.79. The molecule has 0 aliphatic heterocycles. The molecule has 0 aliphatic carbocycles. The normalized spacial score (nSPS) is 10.5. The molecule has 0 amide bonds. The molecule has 1 aromatic rings. The quantitative estimate of drug-likeness (QED) is 0.543. The van der Waals surface area contributed by atoms with E-state index in [0.29, 0.717) is 12.3 Å². The van der Waals surface area contributed by atoms with Crippen molar-refractivity contribution in [2.24, 2.45) is 0 Å². The minimum absolute atomic E-state index is 0.512. The van der Waals surface area contributed by atoms with Crippen LogP contribution in [0.4, 0.5) is 0 Å². The Morgan fingerprint density at radius 2 is 2.12 bits per heavy atom. The first kappa shape index (κ1) is 12.8. The predicted molar refractivity (Wildman–Crippen MR) is 66.1 cm³/mol. The van der Waals surface area contributed by atoms with Gasteiger partial charge in [-0.1, -0.05) is 26.0 Å². The average molecular weight is 220 g/mol. The van der Waals surface area contributed by atoms with E-state index in [9.17, 15) is 4.79 Å². The largest absolute Gasteiger partial charge is 0.496 e. The Labute approximate surface area is 97.6 Å². The molecular weight excluding hydrogens is 200 g/mol. The Balaban J connectivity index is 2.80. The highest BCUT2D eigenvalue weighted by Gasteiger charge is 2.06. The Hall–Kier alpha value is -1.31. The fourth-order valence-electron chi connectivity index (χ4n) is 1.70. The number of unbranched alkanes of at least 4 members (excludes halogenated alkanes) is 1. The molecule has 0 N–H and O–H groups in total. The van der Waals surface area contributed by atoms with Crippen molar-refractivity contribution >= 4 is 6.29 Å². The zero-order chi connectivity index (χ0) is 12.0. The van der Waals surface area contributed by atoms with Crippen LogP contribution in [0, 0.1) is 0 Å². The molecule has 1 rings (SSSR count). The minimum atomic E-state index is 0.512. The highest BCUT2D eigenvalue weighted by molar-refractivity contribution is 5.49. The minimum Gasteiger partial charge on any atom is -0.496 e. The monoisotopic (exact) mass is 220 g/mol. The van der Waals surface area contributed by atoms with Crippen LogP contribution in [0.25, 0.3) is 0 Å². The summed E-state index contributed by atoms with van der Waals surface area (Å²) < 4.78 is 5.38. The van der Waals surface area contributed by atoms with Crippen LogP contribution < -0.4 is 4.74 Å². The summed E-state index contributed by atoms with van der Waals surface area (Å²) in [6, 6.07) is 6.35. The molecule has 0 aromatic heterocycles. The summed E-state index contributed by atoms with van der Waals surface area (Å²) in [5.74, 6) is 1.45. The van der Waals surface area contributed by atoms with Gasteiger partial charge in [0, 0.05) is 6.42 Å². The lowest BCUT2D eigenvalue weighted by Crippen LogP contribution is -1.96. The van der Waals surface area contributed by atoms with Crippen molar-refractivity contribution in [1.82, 2.24) is 0 Å². The summed E-state index contributed by atoms with van der Waals surface area (Å²) in [5.41, 5.74) is 2.48. The summed E-state index contributed by atoms with van der Waals surface area (Å²) in [6.07, 6.45) is 3.38. The van der Waals surface area contributed by atoms with Crippen molar-refractivity contribution in [1.29, 1.82) is 0 Å². The Morgan fingerprint density at radius 3 is 2.69 bits per heavy atom. The number of aryl methyl sites for hydroxylation is 1. The lowest BCUT2D eigenvalue weighted by Gasteiger charge is -2.12. The Kier molecular flexibility index (Phi) is 5.03. The molecule has 0 bridgehead atoms. The number of carbonyl (C=O) groups is 1. The van der Waals surface area contributed by atoms with Gasteiger partial charge in [-0.25, -0.2) is 0 Å². The third kappa shape index (κ3) is 3.37. The van der Waals surface area contributed by atoms with Crippen molar-refractivity contribution in [3.8, 4) is 5.75 Å². The Bertz CT molecular complexity index is 343. The summed E-state index contributed by atoms with van der Waals surface area (Å²) >= 11 is 0. The molecule has 0 heterocycles. The molecule has 0 atom stereocenters. The van der Waals surface area contributed by atoms with Crippen LogP contribution in [0.2, 0.25) is 0 Å². The number of methoxy groups -OCH3 is 1. The summed E-state index contributed by atoms with van der Waals surface area (Å²) in [7, 11) is 1.70. The molecule has 0 radical (unpaired) electrons. The summed E-state index contributed by atoms with van der Waals surface area (Å²) in [4.78, 5) is 10.3. The second-order valence-electron chi connectivity index (χ2n) is 4.28. The van der Waals surface area contributed by atoms with Crippen LogP contribution in [0.1, 0.15) is 43.7 Å². The van der Waals surface area contributed by atoms with Crippen molar-refractivity contribution < 1.29 is 9.53 Å². The number of ether oxygens (including phenoxy) is 1. The molecule has 0 saturated heterocycles. The van der Waals surface area contributed by atoms with Gasteiger partial charge in [-0.05, 0) is 36.0 Å². The van der Waals surface area contributed by atoms with E-state index in [1.807, 2.05) is 0 Å². The fourth-order valence-corrected chi connectivity index (χ4v) is 1.70. The van der Waals surface area contributed by atoms with Gasteiger partial charge in [0.2, 0.25) is 0 Å². The van der Waals surface area contributed by atoms with Crippen molar-refractivity contribution in [3.05, 3.63) is 29.3 Å². The molecule has 0 spiro atoms. The molecule has 2 heteroatoms. The van der Waals surface area contributed by atoms with E-state index in [2.05, 4.69) is 32.0 Å². The van der Waals surface area contributed by atoms with Crippen molar-refractivity contribution in [2.75, 3.05) is 7.11 Å². The predicted octanol–water partition coefficient (Wildman–Crippen LogP) is 3.34. The third-order valence-corrected chi connectivity index (χ3v) is 2.75. The van der Waals surface area contributed by atoms with Crippen LogP contribution in [0.3, 0.4) is 0 Å². The number of aldehydes is 1. The van der Waals surface area contributed by atoms with Gasteiger partial charge in [-0.2, -0.15) is 0 Å². The van der Waals surface area contributed by atoms with Crippen LogP contribution in [-0.2, 0) is 11.2 Å². The van der Waals surface area contributed by atoms with Gasteiger partial charge in [0.15, 0.2) is 0 Å². The van der Waals surface area contributed by atoms with E-state index in [1.165, 1.54) is 11.1 Å². The van der Waals surface area contributed by atoms with E-state index in [4.69, 9.17) is 4.74 Å². The number of hydrogen-bond acceptors (Lipinski definition) is 2. The second kappa shape index (κ2) is 6.31. The fraction of sp³-hybridized carbons (Fsp3) is 0.500. The SMILES string of the molecule is COc1cc(C(C)C)ccc1CCCC=O. The summed E-state index contributed by atoms with van der Waals surface area (Å²) in [6.45, 7) is 4.33. The maximum Gasteiger partial charge on any atom is 0.122 e. The van der Waals surface area contributed by atoms with E-state index in [-0.39, 0.29) is 0 Å². The molecule has 2 nitrogen and oxygen atoms in total. The van der Waals surface area contributed by atoms with E-state index >= 15 is 0 Å². The zero-order valence-electron chi connectivity index (χ0n) is 10.3. The zero-order valence-corrected chi connectivity index (χ0v) is 10.3. The van der Waals surface area contributed by atoms with Crippen LogP contribution >= 0.6 is 0 Å². The van der Waals surface area contributed by atoms with Crippen LogP contribution in [-0.4, -0.2) is 13.4 Å². The standard InChI is InChI=1S/C14H20O2/c1-11(2)13-8-7-12(6-4-5-9-15)14(10-13)16-3/h7-11H,4-6H2,1-3H3. The molecule has 1 aromatic carbocycles. The number of hydrogen-bond donors (Lipinski definition) is 0. The first-order chi connectivity index (χ1) is 7.69. The molecule has 16 heavy (non-hydrogen) atoms. The van der Waals surface area contributed by atoms with Gasteiger partial charge in [0.05, 0.1) is 7.11 Å². The van der Waals surface area contributed by atoms with Crippen molar-refractivity contribution in [2.45, 2.75) is 39.0 Å². The average Bonchev–Trinajstić information content (AvgIpc) is 2.29. The second-order valence-corrected chi connectivity index (χ2v) is 4.28. The van der Waals surface area contributed by atoms with Gasteiger partial charge in [0.25, 0.3) is 0 Å². The van der Waals surface area contributed by atoms with Gasteiger partial charge < -0.3 is 9.53 Å². The van der Waals surface area contributed by atoms with Gasteiger partial charge in [0.1, 0.15) is 12.0 Å². The topological polar surface area (TPSA) is 26.3 Å². The first-order valence-corrected chi connectivity index (χ1v) is 5.79. The van der Waals surface area contributed by atoms with Gasteiger partial charge in [-0.15, -0.1) is 0 Å². The summed E-state index contributed by atoms with van der Waals surface area (Å²) in [5, 5.41) is 0. The van der Waals surface area contributed by atoms with E-state index in [1.54, 1.807) is 7.11 Å². The van der Waals surface area contributed by atoms with E-state index < -0.39 is 0 Å². The lowest BCUT2D eigenvalue weighted by molar-refractivity contribution is -0.107. The molecular formula is C14H20O2. The molecule has 0 aliphatic rings. The van der Waals surface area contributed by atoms with Gasteiger partial charge >= 0.3 is 0 Å². The number of benzene rings is 1. The molecule has 88 valence electrons. The number of rotatable bonds is 6. The maximum absolute atomic E-state index is 10.3. The van der Waals surface area contributed by atoms with Crippen molar-refractivity contribution in [3.63, 3.8) is 0 Å². The van der Waals surface area contributed by atoms with E-state index in [0.717, 1.165) is 24.9 Å². The highest BCUT2D eigenvalue weighted by atomic mass is 16.5.